The van der Waals surface area contributed by atoms with Crippen LogP contribution in [0.25, 0.3) is 38.8 Å². The Balaban J connectivity index is 1.54. The lowest BCUT2D eigenvalue weighted by Crippen LogP contribution is -2.36. The molecule has 6 rings (SSSR count). The normalized spacial score (nSPS) is 14.6. The van der Waals surface area contributed by atoms with E-state index in [0.717, 1.165) is 65.4 Å². The van der Waals surface area contributed by atoms with Gasteiger partial charge in [0.25, 0.3) is 5.91 Å². The number of primary amides is 1. The number of aromatic nitrogens is 5. The number of carbonyl (C=O) groups excluding carboxylic acids is 1. The molecule has 0 atom stereocenters. The fraction of sp³-hybridized carbons (Fsp3) is 0.217. The second-order valence-electron chi connectivity index (χ2n) is 7.99. The lowest BCUT2D eigenvalue weighted by molar-refractivity contribution is 0.100. The predicted octanol–water partition coefficient (Wildman–Crippen LogP) is 2.67. The molecule has 9 nitrogen and oxygen atoms in total. The summed E-state index contributed by atoms with van der Waals surface area (Å²) in [5.41, 5.74) is 11.8. The molecule has 0 unspecified atom stereocenters. The van der Waals surface area contributed by atoms with Gasteiger partial charge in [-0.2, -0.15) is 0 Å². The van der Waals surface area contributed by atoms with Gasteiger partial charge in [-0.3, -0.25) is 9.20 Å². The number of anilines is 1. The molecule has 0 bridgehead atoms. The zero-order valence-corrected chi connectivity index (χ0v) is 17.5. The quantitative estimate of drug-likeness (QED) is 0.458. The minimum Gasteiger partial charge on any atom is -0.378 e. The van der Waals surface area contributed by atoms with Gasteiger partial charge >= 0.3 is 0 Å². The van der Waals surface area contributed by atoms with E-state index < -0.39 is 5.91 Å². The monoisotopic (exact) mass is 427 g/mol. The molecule has 1 aliphatic heterocycles. The van der Waals surface area contributed by atoms with Crippen LogP contribution in [-0.2, 0) is 4.74 Å². The van der Waals surface area contributed by atoms with Gasteiger partial charge in [0.05, 0.1) is 41.0 Å². The van der Waals surface area contributed by atoms with Crippen molar-refractivity contribution in [2.45, 2.75) is 6.92 Å². The second-order valence-corrected chi connectivity index (χ2v) is 7.99. The van der Waals surface area contributed by atoms with Crippen molar-refractivity contribution in [3.05, 3.63) is 54.0 Å². The van der Waals surface area contributed by atoms with Gasteiger partial charge in [-0.05, 0) is 43.3 Å². The maximum absolute atomic E-state index is 12.3. The topological polar surface area (TPSA) is 114 Å². The Bertz CT molecular complexity index is 1510. The molecule has 1 amide bonds. The first-order valence-electron chi connectivity index (χ1n) is 10.5. The predicted molar refractivity (Wildman–Crippen MR) is 122 cm³/mol. The summed E-state index contributed by atoms with van der Waals surface area (Å²) in [5.74, 6) is 0.279. The van der Waals surface area contributed by atoms with E-state index in [1.165, 1.54) is 0 Å². The van der Waals surface area contributed by atoms with E-state index in [0.29, 0.717) is 16.8 Å². The third-order valence-electron chi connectivity index (χ3n) is 6.05. The van der Waals surface area contributed by atoms with Crippen LogP contribution in [0.5, 0.6) is 0 Å². The Morgan fingerprint density at radius 1 is 1.12 bits per heavy atom. The Kier molecular flexibility index (Phi) is 4.12. The Morgan fingerprint density at radius 3 is 2.78 bits per heavy atom. The maximum atomic E-state index is 12.3. The van der Waals surface area contributed by atoms with E-state index in [-0.39, 0.29) is 0 Å². The summed E-state index contributed by atoms with van der Waals surface area (Å²) in [7, 11) is 0. The number of ether oxygens (including phenoxy) is 1. The number of fused-ring (bicyclic) bond motifs is 4. The molecule has 5 aromatic rings. The maximum Gasteiger partial charge on any atom is 0.250 e. The smallest absolute Gasteiger partial charge is 0.250 e. The highest BCUT2D eigenvalue weighted by Gasteiger charge is 2.18. The van der Waals surface area contributed by atoms with Gasteiger partial charge in [0, 0.05) is 35.9 Å². The molecular formula is C23H21N7O2. The zero-order chi connectivity index (χ0) is 21.8. The molecule has 1 aliphatic rings. The summed E-state index contributed by atoms with van der Waals surface area (Å²) in [6, 6.07) is 11.8. The minimum absolute atomic E-state index is 0.412. The van der Waals surface area contributed by atoms with Crippen molar-refractivity contribution in [3.8, 4) is 11.3 Å². The SMILES string of the molecule is Cc1nnc2ccc(-c3cc(C(N)=O)c4[nH]c5cc(N6CCOCC6)ccc5c4n3)cn12. The number of pyridine rings is 2. The summed E-state index contributed by atoms with van der Waals surface area (Å²) in [5, 5.41) is 9.18. The first-order valence-corrected chi connectivity index (χ1v) is 10.5. The van der Waals surface area contributed by atoms with Crippen LogP contribution < -0.4 is 10.6 Å². The van der Waals surface area contributed by atoms with E-state index in [4.69, 9.17) is 15.5 Å². The number of amides is 1. The van der Waals surface area contributed by atoms with Gasteiger partial charge in [0.1, 0.15) is 5.82 Å². The molecule has 5 heterocycles. The first kappa shape index (κ1) is 18.8. The lowest BCUT2D eigenvalue weighted by Gasteiger charge is -2.28. The highest BCUT2D eigenvalue weighted by molar-refractivity contribution is 6.14. The van der Waals surface area contributed by atoms with Crippen LogP contribution >= 0.6 is 0 Å². The van der Waals surface area contributed by atoms with Crippen molar-refractivity contribution in [2.75, 3.05) is 31.2 Å². The van der Waals surface area contributed by atoms with Gasteiger partial charge in [0.2, 0.25) is 0 Å². The number of hydrogen-bond donors (Lipinski definition) is 2. The second kappa shape index (κ2) is 7.03. The molecule has 0 saturated carbocycles. The molecule has 160 valence electrons. The van der Waals surface area contributed by atoms with Crippen molar-refractivity contribution in [2.24, 2.45) is 5.73 Å². The van der Waals surface area contributed by atoms with Crippen LogP contribution in [0.1, 0.15) is 16.2 Å². The van der Waals surface area contributed by atoms with Gasteiger partial charge in [-0.15, -0.1) is 10.2 Å². The number of aromatic amines is 1. The molecule has 32 heavy (non-hydrogen) atoms. The summed E-state index contributed by atoms with van der Waals surface area (Å²) >= 11 is 0. The highest BCUT2D eigenvalue weighted by Crippen LogP contribution is 2.32. The van der Waals surface area contributed by atoms with E-state index in [1.807, 2.05) is 35.7 Å². The molecule has 4 aromatic heterocycles. The highest BCUT2D eigenvalue weighted by atomic mass is 16.5. The lowest BCUT2D eigenvalue weighted by atomic mass is 10.1. The molecule has 1 fully saturated rings. The number of nitrogens with one attached hydrogen (secondary N) is 1. The average molecular weight is 427 g/mol. The summed E-state index contributed by atoms with van der Waals surface area (Å²) in [4.78, 5) is 22.9. The van der Waals surface area contributed by atoms with E-state index in [1.54, 1.807) is 6.07 Å². The summed E-state index contributed by atoms with van der Waals surface area (Å²) in [6.07, 6.45) is 1.93. The summed E-state index contributed by atoms with van der Waals surface area (Å²) < 4.78 is 7.36. The minimum atomic E-state index is -0.500. The van der Waals surface area contributed by atoms with Gasteiger partial charge in [-0.25, -0.2) is 4.98 Å². The van der Waals surface area contributed by atoms with E-state index >= 15 is 0 Å². The van der Waals surface area contributed by atoms with Crippen molar-refractivity contribution >= 4 is 39.2 Å². The third-order valence-corrected chi connectivity index (χ3v) is 6.05. The number of aryl methyl sites for hydroxylation is 1. The largest absolute Gasteiger partial charge is 0.378 e. The number of nitrogens with zero attached hydrogens (tertiary/aromatic N) is 5. The van der Waals surface area contributed by atoms with Gasteiger partial charge in [-0.1, -0.05) is 0 Å². The van der Waals surface area contributed by atoms with E-state index in [9.17, 15) is 4.79 Å². The molecule has 0 radical (unpaired) electrons. The molecular weight excluding hydrogens is 406 g/mol. The van der Waals surface area contributed by atoms with Crippen molar-refractivity contribution < 1.29 is 9.53 Å². The number of nitrogens with two attached hydrogens (primary N) is 1. The van der Waals surface area contributed by atoms with Crippen molar-refractivity contribution in [1.82, 2.24) is 24.6 Å². The van der Waals surface area contributed by atoms with Gasteiger partial charge < -0.3 is 20.4 Å². The third kappa shape index (κ3) is 2.89. The van der Waals surface area contributed by atoms with Crippen LogP contribution in [0, 0.1) is 6.92 Å². The van der Waals surface area contributed by atoms with Crippen molar-refractivity contribution in [3.63, 3.8) is 0 Å². The van der Waals surface area contributed by atoms with Crippen LogP contribution in [0.3, 0.4) is 0 Å². The van der Waals surface area contributed by atoms with Crippen LogP contribution in [0.4, 0.5) is 5.69 Å². The number of rotatable bonds is 3. The Hall–Kier alpha value is -3.98. The fourth-order valence-corrected chi connectivity index (χ4v) is 4.36. The first-order chi connectivity index (χ1) is 15.6. The molecule has 1 saturated heterocycles. The van der Waals surface area contributed by atoms with Crippen LogP contribution in [0.2, 0.25) is 0 Å². The number of morpholine rings is 1. The molecule has 0 aliphatic carbocycles. The Morgan fingerprint density at radius 2 is 1.97 bits per heavy atom. The number of benzene rings is 1. The number of carbonyl (C=O) groups is 1. The van der Waals surface area contributed by atoms with Crippen LogP contribution in [-0.4, -0.2) is 56.8 Å². The standard InChI is InChI=1S/C23H21N7O2/c1-13-27-28-20-5-2-14(12-30(13)20)18-11-17(23(24)31)22-21(25-18)16-4-3-15(10-19(16)26-22)29-6-8-32-9-7-29/h2-5,10-12,26H,6-9H2,1H3,(H2,24,31). The average Bonchev–Trinajstić information content (AvgIpc) is 3.38. The summed E-state index contributed by atoms with van der Waals surface area (Å²) in [6.45, 7) is 5.04. The Labute approximate surface area is 182 Å². The molecule has 1 aromatic carbocycles. The molecule has 0 spiro atoms. The molecule has 3 N–H and O–H groups in total. The number of hydrogen-bond acceptors (Lipinski definition) is 6. The van der Waals surface area contributed by atoms with Gasteiger partial charge in [0.15, 0.2) is 5.65 Å². The zero-order valence-electron chi connectivity index (χ0n) is 17.5. The van der Waals surface area contributed by atoms with E-state index in [2.05, 4.69) is 32.2 Å². The van der Waals surface area contributed by atoms with Crippen molar-refractivity contribution in [1.29, 1.82) is 0 Å². The molecule has 9 heteroatoms. The van der Waals surface area contributed by atoms with Crippen LogP contribution in [0.15, 0.2) is 42.6 Å². The fourth-order valence-electron chi connectivity index (χ4n) is 4.36. The number of H-pyrrole nitrogens is 1.